The molecule has 0 atom stereocenters. The number of carbonyl (C=O) groups excluding carboxylic acids is 1. The van der Waals surface area contributed by atoms with Crippen molar-refractivity contribution in [3.05, 3.63) is 42.1 Å². The fraction of sp³-hybridized carbons (Fsp3) is 0. The molecule has 1 aromatic carbocycles. The number of carbonyl (C=O) groups is 1. The highest BCUT2D eigenvalue weighted by molar-refractivity contribution is 5.84. The molecule has 64 valence electrons. The summed E-state index contributed by atoms with van der Waals surface area (Å²) in [5.74, 6) is 0. The molecule has 0 fully saturated rings. The van der Waals surface area contributed by atoms with Crippen LogP contribution in [0.1, 0.15) is 5.69 Å². The molecule has 0 saturated heterocycles. The molecule has 0 aliphatic heterocycles. The Bertz CT molecular complexity index is 421. The van der Waals surface area contributed by atoms with E-state index in [0.29, 0.717) is 0 Å². The van der Waals surface area contributed by atoms with Gasteiger partial charge in [0.1, 0.15) is 6.29 Å². The highest BCUT2D eigenvalue weighted by Crippen LogP contribution is 2.14. The Balaban J connectivity index is 2.49. The molecular formula is C11H9NO. The smallest absolute Gasteiger partial charge is 0.142 e. The Labute approximate surface area is 75.9 Å². The van der Waals surface area contributed by atoms with Crippen LogP contribution >= 0.6 is 0 Å². The maximum absolute atomic E-state index is 10.1. The second-order valence-corrected chi connectivity index (χ2v) is 2.81. The van der Waals surface area contributed by atoms with Crippen molar-refractivity contribution < 1.29 is 4.79 Å². The van der Waals surface area contributed by atoms with Crippen molar-refractivity contribution in [2.45, 2.75) is 0 Å². The molecular weight excluding hydrogens is 162 g/mol. The van der Waals surface area contributed by atoms with Gasteiger partial charge in [0.25, 0.3) is 0 Å². The van der Waals surface area contributed by atoms with E-state index in [2.05, 4.69) is 4.98 Å². The topological polar surface area (TPSA) is 32.9 Å². The molecule has 0 unspecified atom stereocenters. The lowest BCUT2D eigenvalue weighted by Crippen LogP contribution is -1.68. The van der Waals surface area contributed by atoms with Gasteiger partial charge >= 0.3 is 0 Å². The molecule has 0 spiro atoms. The summed E-state index contributed by atoms with van der Waals surface area (Å²) >= 11 is 0. The Kier molecular flexibility index (Phi) is 1.96. The third-order valence-corrected chi connectivity index (χ3v) is 1.91. The fourth-order valence-corrected chi connectivity index (χ4v) is 1.33. The number of H-pyrrole nitrogens is 1. The van der Waals surface area contributed by atoms with Crippen LogP contribution in [0.3, 0.4) is 0 Å². The molecule has 1 N–H and O–H groups in total. The number of aromatic nitrogens is 1. The predicted molar refractivity (Wildman–Crippen MR) is 53.4 cm³/mol. The third-order valence-electron chi connectivity index (χ3n) is 1.91. The number of hydrogen-bond donors (Lipinski definition) is 1. The second-order valence-electron chi connectivity index (χ2n) is 2.81. The van der Waals surface area contributed by atoms with Crippen LogP contribution < -0.4 is 0 Å². The lowest BCUT2D eigenvalue weighted by molar-refractivity contribution is -0.104. The average Bonchev–Trinajstić information content (AvgIpc) is 2.57. The zero-order chi connectivity index (χ0) is 9.10. The van der Waals surface area contributed by atoms with Gasteiger partial charge in [-0.05, 0) is 29.7 Å². The zero-order valence-corrected chi connectivity index (χ0v) is 7.03. The number of allylic oxidation sites excluding steroid dienone is 1. The van der Waals surface area contributed by atoms with Gasteiger partial charge in [-0.15, -0.1) is 0 Å². The minimum absolute atomic E-state index is 0.769. The summed E-state index contributed by atoms with van der Waals surface area (Å²) in [5, 5.41) is 1.16. The monoisotopic (exact) mass is 171 g/mol. The van der Waals surface area contributed by atoms with Crippen molar-refractivity contribution in [2.75, 3.05) is 0 Å². The normalized spacial score (nSPS) is 11.1. The Hall–Kier alpha value is -1.83. The maximum Gasteiger partial charge on any atom is 0.142 e. The quantitative estimate of drug-likeness (QED) is 0.546. The number of benzene rings is 1. The lowest BCUT2D eigenvalue weighted by Gasteiger charge is -1.84. The standard InChI is InChI=1S/C11H9NO/c13-7-3-5-10-8-9-4-1-2-6-11(9)12-10/h1-8,12H/b5-3+. The molecule has 2 aromatic rings. The first-order valence-corrected chi connectivity index (χ1v) is 4.10. The average molecular weight is 171 g/mol. The highest BCUT2D eigenvalue weighted by Gasteiger charge is 1.94. The van der Waals surface area contributed by atoms with E-state index in [1.807, 2.05) is 30.3 Å². The number of nitrogens with one attached hydrogen (secondary N) is 1. The molecule has 0 amide bonds. The first kappa shape index (κ1) is 7.80. The van der Waals surface area contributed by atoms with Crippen molar-refractivity contribution in [2.24, 2.45) is 0 Å². The third kappa shape index (κ3) is 1.51. The molecule has 0 saturated carbocycles. The first-order valence-electron chi connectivity index (χ1n) is 4.10. The van der Waals surface area contributed by atoms with E-state index in [1.165, 1.54) is 6.08 Å². The molecule has 2 rings (SSSR count). The molecule has 2 heteroatoms. The Morgan fingerprint density at radius 3 is 2.85 bits per heavy atom. The van der Waals surface area contributed by atoms with Gasteiger partial charge in [0.2, 0.25) is 0 Å². The van der Waals surface area contributed by atoms with E-state index >= 15 is 0 Å². The van der Waals surface area contributed by atoms with Gasteiger partial charge < -0.3 is 4.98 Å². The van der Waals surface area contributed by atoms with E-state index < -0.39 is 0 Å². The van der Waals surface area contributed by atoms with Gasteiger partial charge in [0, 0.05) is 11.2 Å². The SMILES string of the molecule is O=C/C=C/c1cc2ccccc2[nH]1. The van der Waals surface area contributed by atoms with Crippen LogP contribution in [-0.2, 0) is 4.79 Å². The summed E-state index contributed by atoms with van der Waals surface area (Å²) in [5.41, 5.74) is 2.04. The van der Waals surface area contributed by atoms with E-state index in [9.17, 15) is 4.79 Å². The van der Waals surface area contributed by atoms with Crippen LogP contribution in [0.5, 0.6) is 0 Å². The first-order chi connectivity index (χ1) is 6.40. The fourth-order valence-electron chi connectivity index (χ4n) is 1.33. The number of aldehydes is 1. The van der Waals surface area contributed by atoms with E-state index in [4.69, 9.17) is 0 Å². The lowest BCUT2D eigenvalue weighted by atomic mass is 10.2. The van der Waals surface area contributed by atoms with Crippen molar-refractivity contribution in [3.63, 3.8) is 0 Å². The van der Waals surface area contributed by atoms with Crippen LogP contribution in [0.2, 0.25) is 0 Å². The van der Waals surface area contributed by atoms with E-state index in [0.717, 1.165) is 22.9 Å². The summed E-state index contributed by atoms with van der Waals surface area (Å²) in [7, 11) is 0. The van der Waals surface area contributed by atoms with Crippen molar-refractivity contribution >= 4 is 23.3 Å². The van der Waals surface area contributed by atoms with Gasteiger partial charge in [0.05, 0.1) is 0 Å². The highest BCUT2D eigenvalue weighted by atomic mass is 16.1. The van der Waals surface area contributed by atoms with Crippen LogP contribution in [0.4, 0.5) is 0 Å². The van der Waals surface area contributed by atoms with E-state index in [1.54, 1.807) is 6.08 Å². The summed E-state index contributed by atoms with van der Waals surface area (Å²) in [6, 6.07) is 10.0. The molecule has 2 nitrogen and oxygen atoms in total. The molecule has 1 aromatic heterocycles. The van der Waals surface area contributed by atoms with Gasteiger partial charge in [-0.3, -0.25) is 4.79 Å². The number of hydrogen-bond acceptors (Lipinski definition) is 1. The van der Waals surface area contributed by atoms with Gasteiger partial charge in [-0.25, -0.2) is 0 Å². The minimum Gasteiger partial charge on any atom is -0.355 e. The van der Waals surface area contributed by atoms with Crippen molar-refractivity contribution in [1.82, 2.24) is 4.98 Å². The number of para-hydroxylation sites is 1. The molecule has 1 heterocycles. The zero-order valence-electron chi connectivity index (χ0n) is 7.03. The van der Waals surface area contributed by atoms with E-state index in [-0.39, 0.29) is 0 Å². The predicted octanol–water partition coefficient (Wildman–Crippen LogP) is 2.38. The Morgan fingerprint density at radius 1 is 1.23 bits per heavy atom. The summed E-state index contributed by atoms with van der Waals surface area (Å²) < 4.78 is 0. The number of aromatic amines is 1. The summed E-state index contributed by atoms with van der Waals surface area (Å²) in [6.07, 6.45) is 4.00. The molecule has 0 radical (unpaired) electrons. The number of fused-ring (bicyclic) bond motifs is 1. The van der Waals surface area contributed by atoms with Crippen LogP contribution in [0.25, 0.3) is 17.0 Å². The number of rotatable bonds is 2. The molecule has 0 aliphatic carbocycles. The van der Waals surface area contributed by atoms with Crippen molar-refractivity contribution in [3.8, 4) is 0 Å². The van der Waals surface area contributed by atoms with Gasteiger partial charge in [-0.2, -0.15) is 0 Å². The maximum atomic E-state index is 10.1. The summed E-state index contributed by atoms with van der Waals surface area (Å²) in [4.78, 5) is 13.3. The van der Waals surface area contributed by atoms with Crippen LogP contribution in [0, 0.1) is 0 Å². The van der Waals surface area contributed by atoms with Gasteiger partial charge in [-0.1, -0.05) is 18.2 Å². The molecule has 0 aliphatic rings. The molecule has 0 bridgehead atoms. The van der Waals surface area contributed by atoms with Gasteiger partial charge in [0.15, 0.2) is 0 Å². The van der Waals surface area contributed by atoms with Crippen LogP contribution in [0.15, 0.2) is 36.4 Å². The Morgan fingerprint density at radius 2 is 2.08 bits per heavy atom. The van der Waals surface area contributed by atoms with Crippen molar-refractivity contribution in [1.29, 1.82) is 0 Å². The second kappa shape index (κ2) is 3.27. The minimum atomic E-state index is 0.769. The summed E-state index contributed by atoms with van der Waals surface area (Å²) in [6.45, 7) is 0. The molecule has 13 heavy (non-hydrogen) atoms. The largest absolute Gasteiger partial charge is 0.355 e. The van der Waals surface area contributed by atoms with Crippen LogP contribution in [-0.4, -0.2) is 11.3 Å².